The lowest BCUT2D eigenvalue weighted by atomic mass is 9.96. The summed E-state index contributed by atoms with van der Waals surface area (Å²) in [4.78, 5) is 17.4. The second kappa shape index (κ2) is 9.99. The van der Waals surface area contributed by atoms with Crippen LogP contribution in [0.4, 0.5) is 0 Å². The Morgan fingerprint density at radius 2 is 1.28 bits per heavy atom. The Labute approximate surface area is 208 Å². The van der Waals surface area contributed by atoms with Crippen molar-refractivity contribution in [1.82, 2.24) is 4.98 Å². The number of hydrogen-bond acceptors (Lipinski definition) is 8. The number of carbonyl (C=O) groups excluding carboxylic acids is 1. The minimum absolute atomic E-state index is 0.0654. The molecule has 9 nitrogen and oxygen atoms in total. The highest BCUT2D eigenvalue weighted by Crippen LogP contribution is 2.44. The number of H-pyrrole nitrogens is 1. The number of benzene rings is 3. The fourth-order valence-electron chi connectivity index (χ4n) is 4.24. The molecule has 0 amide bonds. The van der Waals surface area contributed by atoms with Crippen LogP contribution >= 0.6 is 0 Å². The van der Waals surface area contributed by atoms with Gasteiger partial charge in [0.05, 0.1) is 59.4 Å². The van der Waals surface area contributed by atoms with Crippen molar-refractivity contribution in [2.24, 2.45) is 0 Å². The molecule has 4 rings (SSSR count). The third kappa shape index (κ3) is 3.98. The first kappa shape index (κ1) is 24.6. The van der Waals surface area contributed by atoms with E-state index in [2.05, 4.69) is 4.98 Å². The monoisotopic (exact) mass is 493 g/mol. The SMILES string of the molecule is COc1ccc(-c2[nH]c3c(OC)c(OC)ccc3c2C(=O)c2cc(OC)c(OC)c(OC)c2)cc1O. The smallest absolute Gasteiger partial charge is 0.203 e. The van der Waals surface area contributed by atoms with E-state index < -0.39 is 0 Å². The van der Waals surface area contributed by atoms with Gasteiger partial charge in [0.15, 0.2) is 40.3 Å². The fourth-order valence-corrected chi connectivity index (χ4v) is 4.24. The molecule has 0 aliphatic rings. The van der Waals surface area contributed by atoms with E-state index in [4.69, 9.17) is 28.4 Å². The Balaban J connectivity index is 2.03. The summed E-state index contributed by atoms with van der Waals surface area (Å²) in [7, 11) is 9.00. The lowest BCUT2D eigenvalue weighted by Crippen LogP contribution is -2.05. The van der Waals surface area contributed by atoms with Crippen molar-refractivity contribution < 1.29 is 38.3 Å². The lowest BCUT2D eigenvalue weighted by Gasteiger charge is -2.14. The highest BCUT2D eigenvalue weighted by molar-refractivity contribution is 6.21. The zero-order valence-corrected chi connectivity index (χ0v) is 20.8. The highest BCUT2D eigenvalue weighted by Gasteiger charge is 2.27. The summed E-state index contributed by atoms with van der Waals surface area (Å²) in [5.41, 5.74) is 2.30. The third-order valence-electron chi connectivity index (χ3n) is 5.94. The number of nitrogens with one attached hydrogen (secondary N) is 1. The summed E-state index contributed by atoms with van der Waals surface area (Å²) < 4.78 is 32.5. The van der Waals surface area contributed by atoms with Crippen LogP contribution in [0.25, 0.3) is 22.2 Å². The molecule has 0 radical (unpaired) electrons. The summed E-state index contributed by atoms with van der Waals surface area (Å²) in [6, 6.07) is 11.6. The normalized spacial score (nSPS) is 10.7. The molecule has 188 valence electrons. The molecule has 0 saturated carbocycles. The average Bonchev–Trinajstić information content (AvgIpc) is 3.30. The van der Waals surface area contributed by atoms with Gasteiger partial charge in [-0.15, -0.1) is 0 Å². The quantitative estimate of drug-likeness (QED) is 0.320. The van der Waals surface area contributed by atoms with Crippen LogP contribution in [0.15, 0.2) is 42.5 Å². The number of aromatic hydroxyl groups is 1. The first-order chi connectivity index (χ1) is 17.4. The van der Waals surface area contributed by atoms with Gasteiger partial charge < -0.3 is 38.5 Å². The summed E-state index contributed by atoms with van der Waals surface area (Å²) in [6.07, 6.45) is 0. The van der Waals surface area contributed by atoms with Crippen LogP contribution in [0.1, 0.15) is 15.9 Å². The van der Waals surface area contributed by atoms with E-state index in [9.17, 15) is 9.90 Å². The van der Waals surface area contributed by atoms with E-state index in [1.807, 2.05) is 0 Å². The summed E-state index contributed by atoms with van der Waals surface area (Å²) in [5.74, 6) is 1.96. The first-order valence-corrected chi connectivity index (χ1v) is 10.9. The Hall–Kier alpha value is -4.53. The Bertz CT molecular complexity index is 1410. The molecule has 0 aliphatic heterocycles. The number of hydrogen-bond donors (Lipinski definition) is 2. The molecule has 0 unspecified atom stereocenters. The summed E-state index contributed by atoms with van der Waals surface area (Å²) >= 11 is 0. The number of ketones is 1. The number of fused-ring (bicyclic) bond motifs is 1. The van der Waals surface area contributed by atoms with E-state index in [0.717, 1.165) is 0 Å². The van der Waals surface area contributed by atoms with E-state index in [0.29, 0.717) is 67.8 Å². The van der Waals surface area contributed by atoms with Crippen LogP contribution < -0.4 is 28.4 Å². The van der Waals surface area contributed by atoms with E-state index >= 15 is 0 Å². The minimum atomic E-state index is -0.307. The molecule has 1 heterocycles. The largest absolute Gasteiger partial charge is 0.504 e. The number of methoxy groups -OCH3 is 6. The number of phenolic OH excluding ortho intramolecular Hbond substituents is 1. The van der Waals surface area contributed by atoms with Gasteiger partial charge in [0.25, 0.3) is 0 Å². The molecule has 0 bridgehead atoms. The number of ether oxygens (including phenoxy) is 6. The van der Waals surface area contributed by atoms with Crippen molar-refractivity contribution in [1.29, 1.82) is 0 Å². The molecule has 1 aromatic heterocycles. The van der Waals surface area contributed by atoms with Crippen molar-refractivity contribution in [3.8, 4) is 51.5 Å². The fraction of sp³-hybridized carbons (Fsp3) is 0.222. The summed E-state index contributed by atoms with van der Waals surface area (Å²) in [5, 5.41) is 11.0. The molecule has 3 aromatic carbocycles. The van der Waals surface area contributed by atoms with Crippen LogP contribution in [0.5, 0.6) is 40.2 Å². The van der Waals surface area contributed by atoms with Gasteiger partial charge in [0.2, 0.25) is 5.75 Å². The second-order valence-electron chi connectivity index (χ2n) is 7.73. The highest BCUT2D eigenvalue weighted by atomic mass is 16.5. The maximum absolute atomic E-state index is 14.1. The standard InChI is InChI=1S/C27H27NO8/c1-31-18-9-7-14(11-17(18)29)23-22(16-8-10-19(32-2)27(36-6)24(16)28-23)25(30)15-12-20(33-3)26(35-5)21(13-15)34-4/h7-13,28-29H,1-6H3. The number of aromatic nitrogens is 1. The zero-order valence-electron chi connectivity index (χ0n) is 20.8. The van der Waals surface area contributed by atoms with Crippen molar-refractivity contribution in [3.05, 3.63) is 53.6 Å². The molecule has 4 aromatic rings. The Morgan fingerprint density at radius 1 is 0.694 bits per heavy atom. The Kier molecular flexibility index (Phi) is 6.82. The van der Waals surface area contributed by atoms with Gasteiger partial charge in [0, 0.05) is 16.5 Å². The molecular weight excluding hydrogens is 466 g/mol. The predicted molar refractivity (Wildman–Crippen MR) is 135 cm³/mol. The maximum Gasteiger partial charge on any atom is 0.203 e. The molecule has 0 atom stereocenters. The molecule has 9 heteroatoms. The van der Waals surface area contributed by atoms with Gasteiger partial charge in [-0.1, -0.05) is 0 Å². The molecular formula is C27H27NO8. The van der Waals surface area contributed by atoms with Gasteiger partial charge in [-0.25, -0.2) is 0 Å². The van der Waals surface area contributed by atoms with Gasteiger partial charge in [-0.3, -0.25) is 4.79 Å². The molecule has 0 fully saturated rings. The van der Waals surface area contributed by atoms with Crippen molar-refractivity contribution in [2.75, 3.05) is 42.7 Å². The van der Waals surface area contributed by atoms with Crippen LogP contribution in [0.3, 0.4) is 0 Å². The second-order valence-corrected chi connectivity index (χ2v) is 7.73. The molecule has 36 heavy (non-hydrogen) atoms. The Morgan fingerprint density at radius 3 is 1.81 bits per heavy atom. The van der Waals surface area contributed by atoms with Crippen LogP contribution in [0.2, 0.25) is 0 Å². The van der Waals surface area contributed by atoms with Gasteiger partial charge in [0.1, 0.15) is 0 Å². The minimum Gasteiger partial charge on any atom is -0.504 e. The number of carbonyl (C=O) groups is 1. The zero-order chi connectivity index (χ0) is 26.0. The van der Waals surface area contributed by atoms with E-state index in [1.165, 1.54) is 48.7 Å². The van der Waals surface area contributed by atoms with Crippen LogP contribution in [-0.4, -0.2) is 58.5 Å². The number of phenols is 1. The van der Waals surface area contributed by atoms with Crippen LogP contribution in [0, 0.1) is 0 Å². The van der Waals surface area contributed by atoms with E-state index in [1.54, 1.807) is 36.4 Å². The third-order valence-corrected chi connectivity index (χ3v) is 5.94. The topological polar surface area (TPSA) is 108 Å². The molecule has 0 spiro atoms. The molecule has 0 aliphatic carbocycles. The number of aromatic amines is 1. The lowest BCUT2D eigenvalue weighted by molar-refractivity contribution is 0.104. The van der Waals surface area contributed by atoms with Gasteiger partial charge in [-0.2, -0.15) is 0 Å². The predicted octanol–water partition coefficient (Wildman–Crippen LogP) is 4.82. The van der Waals surface area contributed by atoms with Crippen molar-refractivity contribution in [3.63, 3.8) is 0 Å². The maximum atomic E-state index is 14.1. The molecule has 0 saturated heterocycles. The van der Waals surface area contributed by atoms with E-state index in [-0.39, 0.29) is 11.5 Å². The summed E-state index contributed by atoms with van der Waals surface area (Å²) in [6.45, 7) is 0. The van der Waals surface area contributed by atoms with Crippen molar-refractivity contribution in [2.45, 2.75) is 0 Å². The van der Waals surface area contributed by atoms with Crippen LogP contribution in [-0.2, 0) is 0 Å². The van der Waals surface area contributed by atoms with Gasteiger partial charge >= 0.3 is 0 Å². The molecule has 2 N–H and O–H groups in total. The number of rotatable bonds is 9. The first-order valence-electron chi connectivity index (χ1n) is 10.9. The van der Waals surface area contributed by atoms with Crippen molar-refractivity contribution >= 4 is 16.7 Å². The van der Waals surface area contributed by atoms with Gasteiger partial charge in [-0.05, 0) is 42.5 Å². The average molecular weight is 494 g/mol.